The maximum atomic E-state index is 12.5. The average Bonchev–Trinajstić information content (AvgIpc) is 2.67. The minimum atomic E-state index is -0.0802. The van der Waals surface area contributed by atoms with Crippen LogP contribution in [0.15, 0.2) is 18.2 Å². The molecule has 4 nitrogen and oxygen atoms in total. The monoisotopic (exact) mass is 316 g/mol. The molecule has 0 radical (unpaired) electrons. The van der Waals surface area contributed by atoms with Crippen molar-refractivity contribution in [2.45, 2.75) is 6.42 Å². The van der Waals surface area contributed by atoms with Gasteiger partial charge in [-0.3, -0.25) is 9.69 Å². The van der Waals surface area contributed by atoms with Crippen molar-refractivity contribution >= 4 is 29.1 Å². The van der Waals surface area contributed by atoms with Gasteiger partial charge in [0.15, 0.2) is 0 Å². The molecule has 0 atom stereocenters. The smallest absolute Gasteiger partial charge is 0.255 e. The van der Waals surface area contributed by atoms with Gasteiger partial charge >= 0.3 is 0 Å². The number of hydrogen-bond donors (Lipinski definition) is 1. The summed E-state index contributed by atoms with van der Waals surface area (Å²) in [6.45, 7) is 3.80. The Hall–Kier alpha value is -0.810. The van der Waals surface area contributed by atoms with Gasteiger partial charge in [0, 0.05) is 26.2 Å². The number of nitrogens with zero attached hydrogens (tertiary/aromatic N) is 2. The molecule has 2 rings (SSSR count). The van der Waals surface area contributed by atoms with Crippen LogP contribution in [0.2, 0.25) is 10.0 Å². The van der Waals surface area contributed by atoms with Gasteiger partial charge < -0.3 is 10.0 Å². The van der Waals surface area contributed by atoms with Crippen LogP contribution >= 0.6 is 23.2 Å². The number of amides is 1. The van der Waals surface area contributed by atoms with Crippen LogP contribution in [0.25, 0.3) is 0 Å². The number of hydrogen-bond acceptors (Lipinski definition) is 3. The first-order valence-corrected chi connectivity index (χ1v) is 7.45. The van der Waals surface area contributed by atoms with Crippen molar-refractivity contribution < 1.29 is 9.90 Å². The van der Waals surface area contributed by atoms with Crippen LogP contribution in [-0.2, 0) is 0 Å². The summed E-state index contributed by atoms with van der Waals surface area (Å²) < 4.78 is 0. The van der Waals surface area contributed by atoms with E-state index < -0.39 is 0 Å². The predicted octanol–water partition coefficient (Wildman–Crippen LogP) is 2.13. The summed E-state index contributed by atoms with van der Waals surface area (Å²) in [6.07, 6.45) is 0.893. The second-order valence-electron chi connectivity index (χ2n) is 4.81. The lowest BCUT2D eigenvalue weighted by molar-refractivity contribution is 0.0760. The van der Waals surface area contributed by atoms with Crippen molar-refractivity contribution in [1.29, 1.82) is 0 Å². The van der Waals surface area contributed by atoms with E-state index in [2.05, 4.69) is 4.90 Å². The summed E-state index contributed by atoms with van der Waals surface area (Å²) in [5.74, 6) is -0.0802. The molecular weight excluding hydrogens is 299 g/mol. The number of benzene rings is 1. The lowest BCUT2D eigenvalue weighted by atomic mass is 10.2. The topological polar surface area (TPSA) is 43.8 Å². The van der Waals surface area contributed by atoms with Gasteiger partial charge in [-0.25, -0.2) is 0 Å². The number of carbonyl (C=O) groups excluding carboxylic acids is 1. The van der Waals surface area contributed by atoms with Gasteiger partial charge in [-0.15, -0.1) is 0 Å². The number of β-amino-alcohol motifs (C(OH)–C–C–N with tert-alkyl or cyclic N) is 1. The second kappa shape index (κ2) is 7.27. The van der Waals surface area contributed by atoms with Crippen molar-refractivity contribution in [2.24, 2.45) is 0 Å². The van der Waals surface area contributed by atoms with Gasteiger partial charge in [-0.1, -0.05) is 29.3 Å². The molecule has 0 saturated carbocycles. The Morgan fingerprint density at radius 2 is 2.00 bits per heavy atom. The van der Waals surface area contributed by atoms with Crippen LogP contribution in [0.4, 0.5) is 0 Å². The number of aliphatic hydroxyl groups excluding tert-OH is 1. The molecule has 1 N–H and O–H groups in total. The average molecular weight is 317 g/mol. The van der Waals surface area contributed by atoms with E-state index in [1.54, 1.807) is 23.1 Å². The van der Waals surface area contributed by atoms with E-state index in [4.69, 9.17) is 28.3 Å². The molecule has 0 spiro atoms. The highest BCUT2D eigenvalue weighted by Gasteiger charge is 2.22. The third-order valence-electron chi connectivity index (χ3n) is 3.47. The van der Waals surface area contributed by atoms with Crippen molar-refractivity contribution in [3.63, 3.8) is 0 Å². The second-order valence-corrected chi connectivity index (χ2v) is 5.60. The van der Waals surface area contributed by atoms with Crippen LogP contribution in [-0.4, -0.2) is 60.1 Å². The van der Waals surface area contributed by atoms with Crippen LogP contribution in [0, 0.1) is 0 Å². The predicted molar refractivity (Wildman–Crippen MR) is 80.5 cm³/mol. The van der Waals surface area contributed by atoms with E-state index in [0.29, 0.717) is 35.2 Å². The fraction of sp³-hybridized carbons (Fsp3) is 0.500. The lowest BCUT2D eigenvalue weighted by Crippen LogP contribution is -2.36. The fourth-order valence-corrected chi connectivity index (χ4v) is 2.76. The zero-order valence-electron chi connectivity index (χ0n) is 11.2. The Bertz CT molecular complexity index is 482. The van der Waals surface area contributed by atoms with E-state index in [0.717, 1.165) is 19.5 Å². The van der Waals surface area contributed by atoms with Crippen LogP contribution in [0.1, 0.15) is 16.8 Å². The number of carbonyl (C=O) groups is 1. The number of rotatable bonds is 3. The highest BCUT2D eigenvalue weighted by Crippen LogP contribution is 2.26. The molecule has 1 heterocycles. The Morgan fingerprint density at radius 3 is 2.75 bits per heavy atom. The highest BCUT2D eigenvalue weighted by atomic mass is 35.5. The normalized spacial score (nSPS) is 17.1. The van der Waals surface area contributed by atoms with E-state index in [1.165, 1.54) is 0 Å². The van der Waals surface area contributed by atoms with E-state index >= 15 is 0 Å². The van der Waals surface area contributed by atoms with Gasteiger partial charge in [0.2, 0.25) is 0 Å². The minimum absolute atomic E-state index is 0.0802. The van der Waals surface area contributed by atoms with Gasteiger partial charge in [-0.2, -0.15) is 0 Å². The molecule has 0 aromatic heterocycles. The summed E-state index contributed by atoms with van der Waals surface area (Å²) >= 11 is 12.1. The SMILES string of the molecule is O=C(c1cccc(Cl)c1Cl)N1CCCN(CCO)CC1. The Labute approximate surface area is 128 Å². The molecule has 1 fully saturated rings. The highest BCUT2D eigenvalue weighted by molar-refractivity contribution is 6.43. The first-order chi connectivity index (χ1) is 9.63. The molecule has 1 amide bonds. The third-order valence-corrected chi connectivity index (χ3v) is 4.29. The maximum absolute atomic E-state index is 12.5. The summed E-state index contributed by atoms with van der Waals surface area (Å²) in [4.78, 5) is 16.5. The largest absolute Gasteiger partial charge is 0.395 e. The van der Waals surface area contributed by atoms with E-state index in [-0.39, 0.29) is 12.5 Å². The molecule has 0 unspecified atom stereocenters. The van der Waals surface area contributed by atoms with Crippen molar-refractivity contribution in [2.75, 3.05) is 39.3 Å². The summed E-state index contributed by atoms with van der Waals surface area (Å²) in [6, 6.07) is 5.11. The Kier molecular flexibility index (Phi) is 5.66. The number of aliphatic hydroxyl groups is 1. The molecule has 0 aliphatic carbocycles. The van der Waals surface area contributed by atoms with Gasteiger partial charge in [-0.05, 0) is 25.1 Å². The van der Waals surface area contributed by atoms with Crippen LogP contribution in [0.3, 0.4) is 0 Å². The minimum Gasteiger partial charge on any atom is -0.395 e. The molecule has 1 aliphatic heterocycles. The van der Waals surface area contributed by atoms with Crippen LogP contribution in [0.5, 0.6) is 0 Å². The summed E-state index contributed by atoms with van der Waals surface area (Å²) in [5, 5.41) is 9.69. The van der Waals surface area contributed by atoms with Gasteiger partial charge in [0.05, 0.1) is 22.2 Å². The van der Waals surface area contributed by atoms with Crippen molar-refractivity contribution in [3.05, 3.63) is 33.8 Å². The van der Waals surface area contributed by atoms with E-state index in [9.17, 15) is 4.79 Å². The first-order valence-electron chi connectivity index (χ1n) is 6.70. The van der Waals surface area contributed by atoms with E-state index in [1.807, 2.05) is 0 Å². The standard InChI is InChI=1S/C14H18Cl2N2O2/c15-12-4-1-3-11(13(12)16)14(20)18-6-2-5-17(7-8-18)9-10-19/h1,3-4,19H,2,5-10H2. The third kappa shape index (κ3) is 3.64. The Balaban J connectivity index is 2.07. The van der Waals surface area contributed by atoms with Gasteiger partial charge in [0.25, 0.3) is 5.91 Å². The van der Waals surface area contributed by atoms with Crippen LogP contribution < -0.4 is 0 Å². The molecule has 1 aliphatic rings. The van der Waals surface area contributed by atoms with Crippen molar-refractivity contribution in [3.8, 4) is 0 Å². The molecule has 6 heteroatoms. The molecular formula is C14H18Cl2N2O2. The van der Waals surface area contributed by atoms with Gasteiger partial charge in [0.1, 0.15) is 0 Å². The first kappa shape index (κ1) is 15.6. The zero-order chi connectivity index (χ0) is 14.5. The quantitative estimate of drug-likeness (QED) is 0.929. The summed E-state index contributed by atoms with van der Waals surface area (Å²) in [5.41, 5.74) is 0.453. The van der Waals surface area contributed by atoms with Crippen molar-refractivity contribution in [1.82, 2.24) is 9.80 Å². The molecule has 0 bridgehead atoms. The number of halogens is 2. The fourth-order valence-electron chi connectivity index (χ4n) is 2.38. The molecule has 1 aromatic carbocycles. The maximum Gasteiger partial charge on any atom is 0.255 e. The molecule has 1 saturated heterocycles. The molecule has 20 heavy (non-hydrogen) atoms. The molecule has 1 aromatic rings. The zero-order valence-corrected chi connectivity index (χ0v) is 12.7. The molecule has 110 valence electrons. The lowest BCUT2D eigenvalue weighted by Gasteiger charge is -2.22. The Morgan fingerprint density at radius 1 is 1.20 bits per heavy atom. The summed E-state index contributed by atoms with van der Waals surface area (Å²) in [7, 11) is 0.